The van der Waals surface area contributed by atoms with Gasteiger partial charge in [-0.1, -0.05) is 48.5 Å². The van der Waals surface area contributed by atoms with Gasteiger partial charge in [0, 0.05) is 23.5 Å². The molecule has 0 spiro atoms. The van der Waals surface area contributed by atoms with Gasteiger partial charge in [0.25, 0.3) is 5.91 Å². The second-order valence-electron chi connectivity index (χ2n) is 7.93. The van der Waals surface area contributed by atoms with Crippen LogP contribution in [0.25, 0.3) is 21.2 Å². The molecule has 3 nitrogen and oxygen atoms in total. The zero-order valence-corrected chi connectivity index (χ0v) is 17.8. The van der Waals surface area contributed by atoms with Crippen molar-refractivity contribution in [2.45, 2.75) is 12.8 Å². The van der Waals surface area contributed by atoms with E-state index in [-0.39, 0.29) is 5.91 Å². The summed E-state index contributed by atoms with van der Waals surface area (Å²) in [5, 5.41) is 4.28. The molecular weight excluding hydrogens is 388 g/mol. The molecule has 2 heterocycles. The molecule has 0 unspecified atom stereocenters. The van der Waals surface area contributed by atoms with E-state index in [1.807, 2.05) is 24.3 Å². The Morgan fingerprint density at radius 2 is 1.70 bits per heavy atom. The molecule has 1 aromatic heterocycles. The fourth-order valence-corrected chi connectivity index (χ4v) is 5.17. The van der Waals surface area contributed by atoms with Crippen LogP contribution in [0.15, 0.2) is 72.8 Å². The molecule has 1 aliphatic rings. The Balaban J connectivity index is 1.52. The van der Waals surface area contributed by atoms with Gasteiger partial charge in [0.15, 0.2) is 0 Å². The highest BCUT2D eigenvalue weighted by atomic mass is 32.1. The molecule has 0 bridgehead atoms. The van der Waals surface area contributed by atoms with Crippen molar-refractivity contribution in [3.63, 3.8) is 0 Å². The summed E-state index contributed by atoms with van der Waals surface area (Å²) >= 11 is 1.54. The van der Waals surface area contributed by atoms with Crippen molar-refractivity contribution >= 4 is 33.0 Å². The van der Waals surface area contributed by atoms with Crippen LogP contribution in [-0.2, 0) is 12.8 Å². The van der Waals surface area contributed by atoms with Crippen LogP contribution in [0.5, 0.6) is 0 Å². The number of hydrogen-bond donors (Lipinski definition) is 1. The monoisotopic (exact) mass is 412 g/mol. The smallest absolute Gasteiger partial charge is 0.265 e. The lowest BCUT2D eigenvalue weighted by Crippen LogP contribution is -2.20. The average Bonchev–Trinajstić information content (AvgIpc) is 3.12. The van der Waals surface area contributed by atoms with Crippen molar-refractivity contribution in [1.82, 2.24) is 4.90 Å². The maximum Gasteiger partial charge on any atom is 0.265 e. The molecule has 1 amide bonds. The Morgan fingerprint density at radius 3 is 2.53 bits per heavy atom. The Bertz CT molecular complexity index is 1180. The minimum atomic E-state index is -0.0408. The van der Waals surface area contributed by atoms with Crippen LogP contribution in [-0.4, -0.2) is 30.9 Å². The predicted octanol–water partition coefficient (Wildman–Crippen LogP) is 5.85. The summed E-state index contributed by atoms with van der Waals surface area (Å²) in [5.74, 6) is -0.0408. The zero-order valence-electron chi connectivity index (χ0n) is 17.0. The Morgan fingerprint density at radius 1 is 0.933 bits per heavy atom. The molecule has 0 radical (unpaired) electrons. The first-order chi connectivity index (χ1) is 14.7. The van der Waals surface area contributed by atoms with Gasteiger partial charge in [-0.15, -0.1) is 11.3 Å². The van der Waals surface area contributed by atoms with Crippen molar-refractivity contribution in [3.8, 4) is 11.1 Å². The standard InChI is InChI=1S/C26H24N2OS/c1-28-13-11-19-15-21(17-23(22(19)12-14-28)18-7-3-2-4-8-18)27-26(29)25-16-20-9-5-6-10-24(20)30-25/h2-10,15-17H,11-14H2,1H3,(H,27,29). The minimum absolute atomic E-state index is 0.0408. The maximum atomic E-state index is 13.0. The van der Waals surface area contributed by atoms with Gasteiger partial charge in [0.2, 0.25) is 0 Å². The third-order valence-corrected chi connectivity index (χ3v) is 6.96. The van der Waals surface area contributed by atoms with E-state index in [9.17, 15) is 4.79 Å². The van der Waals surface area contributed by atoms with E-state index in [0.717, 1.165) is 46.6 Å². The Labute approximate surface area is 181 Å². The van der Waals surface area contributed by atoms with Crippen molar-refractivity contribution < 1.29 is 4.79 Å². The minimum Gasteiger partial charge on any atom is -0.321 e. The second-order valence-corrected chi connectivity index (χ2v) is 9.02. The molecule has 0 aliphatic carbocycles. The number of anilines is 1. The molecule has 5 rings (SSSR count). The summed E-state index contributed by atoms with van der Waals surface area (Å²) in [5.41, 5.74) is 6.06. The lowest BCUT2D eigenvalue weighted by Gasteiger charge is -2.16. The first-order valence-electron chi connectivity index (χ1n) is 10.4. The molecule has 1 aliphatic heterocycles. The number of rotatable bonds is 3. The molecule has 1 N–H and O–H groups in total. The highest BCUT2D eigenvalue weighted by Gasteiger charge is 2.18. The normalized spacial score (nSPS) is 14.3. The van der Waals surface area contributed by atoms with E-state index in [0.29, 0.717) is 0 Å². The first-order valence-corrected chi connectivity index (χ1v) is 11.2. The number of carbonyl (C=O) groups is 1. The van der Waals surface area contributed by atoms with Crippen LogP contribution in [0.2, 0.25) is 0 Å². The van der Waals surface area contributed by atoms with Crippen LogP contribution in [0.1, 0.15) is 20.8 Å². The number of hydrogen-bond acceptors (Lipinski definition) is 3. The maximum absolute atomic E-state index is 13.0. The van der Waals surface area contributed by atoms with Crippen molar-refractivity contribution in [2.24, 2.45) is 0 Å². The zero-order chi connectivity index (χ0) is 20.5. The number of likely N-dealkylation sites (N-methyl/N-ethyl adjacent to an activating group) is 1. The quantitative estimate of drug-likeness (QED) is 0.458. The van der Waals surface area contributed by atoms with E-state index < -0.39 is 0 Å². The fourth-order valence-electron chi connectivity index (χ4n) is 4.21. The van der Waals surface area contributed by atoms with Crippen LogP contribution in [0, 0.1) is 0 Å². The molecule has 4 aromatic rings. The summed E-state index contributed by atoms with van der Waals surface area (Å²) in [4.78, 5) is 16.1. The lowest BCUT2D eigenvalue weighted by atomic mass is 9.92. The molecule has 0 saturated carbocycles. The van der Waals surface area contributed by atoms with Crippen LogP contribution >= 0.6 is 11.3 Å². The van der Waals surface area contributed by atoms with Crippen LogP contribution < -0.4 is 5.32 Å². The number of fused-ring (bicyclic) bond motifs is 2. The third kappa shape index (κ3) is 3.76. The number of amides is 1. The number of carbonyl (C=O) groups excluding carboxylic acids is 1. The van der Waals surface area contributed by atoms with E-state index in [2.05, 4.69) is 65.8 Å². The van der Waals surface area contributed by atoms with Gasteiger partial charge in [-0.3, -0.25) is 4.79 Å². The largest absolute Gasteiger partial charge is 0.321 e. The Kier molecular flexibility index (Phi) is 5.11. The van der Waals surface area contributed by atoms with Gasteiger partial charge < -0.3 is 10.2 Å². The first kappa shape index (κ1) is 19.0. The highest BCUT2D eigenvalue weighted by Crippen LogP contribution is 2.33. The van der Waals surface area contributed by atoms with Gasteiger partial charge in [-0.2, -0.15) is 0 Å². The Hall–Kier alpha value is -2.95. The van der Waals surface area contributed by atoms with Gasteiger partial charge in [0.05, 0.1) is 4.88 Å². The molecule has 30 heavy (non-hydrogen) atoms. The predicted molar refractivity (Wildman–Crippen MR) is 127 cm³/mol. The summed E-state index contributed by atoms with van der Waals surface area (Å²) in [6.45, 7) is 2.09. The van der Waals surface area contributed by atoms with Gasteiger partial charge in [0.1, 0.15) is 0 Å². The summed E-state index contributed by atoms with van der Waals surface area (Å²) in [7, 11) is 2.18. The molecular formula is C26H24N2OS. The van der Waals surface area contributed by atoms with Crippen LogP contribution in [0.3, 0.4) is 0 Å². The molecule has 4 heteroatoms. The molecule has 150 valence electrons. The molecule has 0 saturated heterocycles. The molecule has 0 fully saturated rings. The van der Waals surface area contributed by atoms with E-state index in [1.54, 1.807) is 0 Å². The third-order valence-electron chi connectivity index (χ3n) is 5.84. The molecule has 3 aromatic carbocycles. The van der Waals surface area contributed by atoms with Gasteiger partial charge >= 0.3 is 0 Å². The number of nitrogens with zero attached hydrogens (tertiary/aromatic N) is 1. The van der Waals surface area contributed by atoms with Crippen molar-refractivity contribution in [3.05, 3.63) is 88.8 Å². The number of thiophene rings is 1. The number of benzene rings is 3. The SMILES string of the molecule is CN1CCc2cc(NC(=O)c3cc4ccccc4s3)cc(-c3ccccc3)c2CC1. The average molecular weight is 413 g/mol. The van der Waals surface area contributed by atoms with Gasteiger partial charge in [-0.25, -0.2) is 0 Å². The van der Waals surface area contributed by atoms with E-state index in [1.165, 1.54) is 33.6 Å². The van der Waals surface area contributed by atoms with E-state index >= 15 is 0 Å². The summed E-state index contributed by atoms with van der Waals surface area (Å²) < 4.78 is 1.14. The lowest BCUT2D eigenvalue weighted by molar-refractivity contribution is 0.103. The van der Waals surface area contributed by atoms with Crippen molar-refractivity contribution in [1.29, 1.82) is 0 Å². The summed E-state index contributed by atoms with van der Waals surface area (Å²) in [6.07, 6.45) is 2.03. The number of nitrogens with one attached hydrogen (secondary N) is 1. The summed E-state index contributed by atoms with van der Waals surface area (Å²) in [6, 6.07) is 24.9. The van der Waals surface area contributed by atoms with Crippen LogP contribution in [0.4, 0.5) is 5.69 Å². The van der Waals surface area contributed by atoms with Crippen molar-refractivity contribution in [2.75, 3.05) is 25.5 Å². The fraction of sp³-hybridized carbons (Fsp3) is 0.192. The topological polar surface area (TPSA) is 32.3 Å². The van der Waals surface area contributed by atoms with E-state index in [4.69, 9.17) is 0 Å². The molecule has 0 atom stereocenters. The second kappa shape index (κ2) is 8.05. The van der Waals surface area contributed by atoms with Gasteiger partial charge in [-0.05, 0) is 71.8 Å². The highest BCUT2D eigenvalue weighted by molar-refractivity contribution is 7.20.